The van der Waals surface area contributed by atoms with Gasteiger partial charge in [0.2, 0.25) is 0 Å². The van der Waals surface area contributed by atoms with Crippen LogP contribution in [0.3, 0.4) is 0 Å². The minimum absolute atomic E-state index is 0.312. The third-order valence-corrected chi connectivity index (χ3v) is 4.67. The maximum atomic E-state index is 12.1. The molecule has 25 heavy (non-hydrogen) atoms. The van der Waals surface area contributed by atoms with Gasteiger partial charge in [-0.2, -0.15) is 0 Å². The summed E-state index contributed by atoms with van der Waals surface area (Å²) >= 11 is 1.60. The van der Waals surface area contributed by atoms with Gasteiger partial charge in [-0.15, -0.1) is 11.3 Å². The van der Waals surface area contributed by atoms with E-state index in [0.717, 1.165) is 23.5 Å². The van der Waals surface area contributed by atoms with Gasteiger partial charge in [-0.1, -0.05) is 12.1 Å². The Labute approximate surface area is 148 Å². The lowest BCUT2D eigenvalue weighted by Gasteiger charge is -2.09. The van der Waals surface area contributed by atoms with Crippen LogP contribution in [0, 0.1) is 0 Å². The first-order valence-corrected chi connectivity index (χ1v) is 8.76. The Morgan fingerprint density at radius 1 is 1.24 bits per heavy atom. The van der Waals surface area contributed by atoms with E-state index >= 15 is 0 Å². The highest BCUT2D eigenvalue weighted by Gasteiger charge is 2.16. The van der Waals surface area contributed by atoms with E-state index in [2.05, 4.69) is 17.1 Å². The van der Waals surface area contributed by atoms with Gasteiger partial charge in [0.05, 0.1) is 31.5 Å². The van der Waals surface area contributed by atoms with E-state index in [0.29, 0.717) is 29.4 Å². The maximum Gasteiger partial charge on any atom is 0.442 e. The molecule has 0 radical (unpaired) electrons. The summed E-state index contributed by atoms with van der Waals surface area (Å²) in [5, 5.41) is 6.94. The quantitative estimate of drug-likeness (QED) is 0.644. The van der Waals surface area contributed by atoms with Crippen molar-refractivity contribution < 1.29 is 14.0 Å². The summed E-state index contributed by atoms with van der Waals surface area (Å²) in [5.41, 5.74) is 1.52. The van der Waals surface area contributed by atoms with Crippen molar-refractivity contribution in [3.8, 4) is 22.9 Å². The molecule has 0 aliphatic carbocycles. The molecule has 0 N–H and O–H groups in total. The zero-order valence-electron chi connectivity index (χ0n) is 14.3. The fraction of sp³-hybridized carbons (Fsp3) is 0.353. The number of thiazole rings is 1. The third kappa shape index (κ3) is 3.58. The van der Waals surface area contributed by atoms with Gasteiger partial charge < -0.3 is 9.47 Å². The van der Waals surface area contributed by atoms with Gasteiger partial charge in [0.15, 0.2) is 17.3 Å². The minimum atomic E-state index is -0.519. The fourth-order valence-corrected chi connectivity index (χ4v) is 3.39. The number of hydrogen-bond acceptors (Lipinski definition) is 7. The first-order chi connectivity index (χ1) is 12.2. The van der Waals surface area contributed by atoms with E-state index in [4.69, 9.17) is 14.0 Å². The lowest BCUT2D eigenvalue weighted by molar-refractivity contribution is 0.355. The molecule has 0 amide bonds. The van der Waals surface area contributed by atoms with Crippen molar-refractivity contribution in [2.24, 2.45) is 0 Å². The van der Waals surface area contributed by atoms with Crippen LogP contribution in [0.15, 0.2) is 32.9 Å². The molecule has 3 rings (SSSR count). The fourth-order valence-electron chi connectivity index (χ4n) is 2.50. The molecule has 3 aromatic rings. The lowest BCUT2D eigenvalue weighted by atomic mass is 10.2. The Balaban J connectivity index is 1.95. The number of nitrogens with zero attached hydrogens (tertiary/aromatic N) is 3. The predicted molar refractivity (Wildman–Crippen MR) is 94.5 cm³/mol. The molecule has 0 bridgehead atoms. The molecule has 0 aliphatic heterocycles. The molecular weight excluding hydrogens is 342 g/mol. The van der Waals surface area contributed by atoms with Gasteiger partial charge in [-0.25, -0.2) is 9.78 Å². The third-order valence-electron chi connectivity index (χ3n) is 3.71. The van der Waals surface area contributed by atoms with E-state index < -0.39 is 5.76 Å². The standard InChI is InChI=1S/C17H19N3O4S/c1-4-5-15-18-12(10-25-15)9-20-16(19-24-17(20)21)11-6-7-13(22-2)14(8-11)23-3/h6-8,10H,4-5,9H2,1-3H3. The van der Waals surface area contributed by atoms with Crippen LogP contribution < -0.4 is 15.2 Å². The predicted octanol–water partition coefficient (Wildman–Crippen LogP) is 2.98. The number of aryl methyl sites for hydroxylation is 1. The van der Waals surface area contributed by atoms with Crippen LogP contribution in [0.1, 0.15) is 24.0 Å². The lowest BCUT2D eigenvalue weighted by Crippen LogP contribution is -2.16. The van der Waals surface area contributed by atoms with Gasteiger partial charge in [0, 0.05) is 10.9 Å². The summed E-state index contributed by atoms with van der Waals surface area (Å²) in [7, 11) is 3.13. The van der Waals surface area contributed by atoms with Crippen molar-refractivity contribution in [1.82, 2.24) is 14.7 Å². The molecule has 132 valence electrons. The van der Waals surface area contributed by atoms with E-state index in [1.165, 1.54) is 4.57 Å². The first-order valence-electron chi connectivity index (χ1n) is 7.88. The van der Waals surface area contributed by atoms with Crippen LogP contribution in [0.2, 0.25) is 0 Å². The molecule has 0 saturated carbocycles. The van der Waals surface area contributed by atoms with Crippen molar-refractivity contribution in [2.75, 3.05) is 14.2 Å². The number of hydrogen-bond donors (Lipinski definition) is 0. The molecule has 2 aromatic heterocycles. The van der Waals surface area contributed by atoms with E-state index in [9.17, 15) is 4.79 Å². The summed E-state index contributed by atoms with van der Waals surface area (Å²) < 4.78 is 16.9. The molecule has 0 unspecified atom stereocenters. The zero-order chi connectivity index (χ0) is 17.8. The first kappa shape index (κ1) is 17.2. The number of benzene rings is 1. The number of ether oxygens (including phenoxy) is 2. The van der Waals surface area contributed by atoms with Gasteiger partial charge >= 0.3 is 5.76 Å². The van der Waals surface area contributed by atoms with E-state index in [1.807, 2.05) is 5.38 Å². The molecule has 0 saturated heterocycles. The SMILES string of the molecule is CCCc1nc(Cn2c(-c3ccc(OC)c(OC)c3)noc2=O)cs1. The smallest absolute Gasteiger partial charge is 0.442 e. The van der Waals surface area contributed by atoms with Crippen LogP contribution in [0.5, 0.6) is 11.5 Å². The van der Waals surface area contributed by atoms with Crippen LogP contribution in [-0.2, 0) is 13.0 Å². The summed E-state index contributed by atoms with van der Waals surface area (Å²) in [5.74, 6) is 1.07. The number of methoxy groups -OCH3 is 2. The van der Waals surface area contributed by atoms with Crippen LogP contribution in [0.4, 0.5) is 0 Å². The Kier molecular flexibility index (Phi) is 5.18. The average Bonchev–Trinajstić information content (AvgIpc) is 3.22. The molecule has 0 atom stereocenters. The number of rotatable bonds is 7. The Morgan fingerprint density at radius 3 is 2.76 bits per heavy atom. The molecule has 2 heterocycles. The van der Waals surface area contributed by atoms with Gasteiger partial charge in [0.25, 0.3) is 0 Å². The second kappa shape index (κ2) is 7.52. The Bertz CT molecular complexity index is 913. The highest BCUT2D eigenvalue weighted by atomic mass is 32.1. The van der Waals surface area contributed by atoms with Crippen molar-refractivity contribution in [1.29, 1.82) is 0 Å². The summed E-state index contributed by atoms with van der Waals surface area (Å²) in [6.07, 6.45) is 1.97. The number of aromatic nitrogens is 3. The molecular formula is C17H19N3O4S. The van der Waals surface area contributed by atoms with Crippen molar-refractivity contribution >= 4 is 11.3 Å². The van der Waals surface area contributed by atoms with Crippen LogP contribution in [0.25, 0.3) is 11.4 Å². The monoisotopic (exact) mass is 361 g/mol. The highest BCUT2D eigenvalue weighted by Crippen LogP contribution is 2.31. The summed E-state index contributed by atoms with van der Waals surface area (Å²) in [6.45, 7) is 2.42. The summed E-state index contributed by atoms with van der Waals surface area (Å²) in [6, 6.07) is 5.33. The van der Waals surface area contributed by atoms with Crippen molar-refractivity contribution in [2.45, 2.75) is 26.3 Å². The van der Waals surface area contributed by atoms with E-state index in [-0.39, 0.29) is 0 Å². The van der Waals surface area contributed by atoms with Crippen LogP contribution >= 0.6 is 11.3 Å². The maximum absolute atomic E-state index is 12.1. The molecule has 8 heteroatoms. The molecule has 7 nitrogen and oxygen atoms in total. The second-order valence-electron chi connectivity index (χ2n) is 5.41. The van der Waals surface area contributed by atoms with Crippen LogP contribution in [-0.4, -0.2) is 28.9 Å². The molecule has 0 fully saturated rings. The Morgan fingerprint density at radius 2 is 2.04 bits per heavy atom. The topological polar surface area (TPSA) is 79.4 Å². The summed E-state index contributed by atoms with van der Waals surface area (Å²) in [4.78, 5) is 16.6. The average molecular weight is 361 g/mol. The van der Waals surface area contributed by atoms with Gasteiger partial charge in [-0.3, -0.25) is 9.09 Å². The van der Waals surface area contributed by atoms with Gasteiger partial charge in [0.1, 0.15) is 0 Å². The molecule has 0 aliphatic rings. The van der Waals surface area contributed by atoms with Crippen molar-refractivity contribution in [3.63, 3.8) is 0 Å². The van der Waals surface area contributed by atoms with E-state index in [1.54, 1.807) is 43.8 Å². The molecule has 0 spiro atoms. The highest BCUT2D eigenvalue weighted by molar-refractivity contribution is 7.09. The largest absolute Gasteiger partial charge is 0.493 e. The molecule has 1 aromatic carbocycles. The zero-order valence-corrected chi connectivity index (χ0v) is 15.1. The minimum Gasteiger partial charge on any atom is -0.493 e. The second-order valence-corrected chi connectivity index (χ2v) is 6.35. The van der Waals surface area contributed by atoms with Gasteiger partial charge in [-0.05, 0) is 31.0 Å². The normalized spacial score (nSPS) is 10.8. The Hall–Kier alpha value is -2.61. The van der Waals surface area contributed by atoms with Crippen molar-refractivity contribution in [3.05, 3.63) is 44.8 Å².